The van der Waals surface area contributed by atoms with Crippen molar-refractivity contribution < 1.29 is 23.8 Å². The normalized spacial score (nSPS) is 11.7. The molecule has 0 aromatic heterocycles. The lowest BCUT2D eigenvalue weighted by molar-refractivity contribution is -0.126. The van der Waals surface area contributed by atoms with E-state index < -0.39 is 5.91 Å². The molecule has 0 unspecified atom stereocenters. The van der Waals surface area contributed by atoms with Gasteiger partial charge in [0.15, 0.2) is 11.5 Å². The number of benzene rings is 2. The zero-order valence-corrected chi connectivity index (χ0v) is 13.7. The summed E-state index contributed by atoms with van der Waals surface area (Å²) >= 11 is 0. The summed E-state index contributed by atoms with van der Waals surface area (Å²) in [7, 11) is 1.59. The second-order valence-corrected chi connectivity index (χ2v) is 5.42. The van der Waals surface area contributed by atoms with Crippen molar-refractivity contribution >= 4 is 17.5 Å². The van der Waals surface area contributed by atoms with Gasteiger partial charge in [0.2, 0.25) is 18.6 Å². The maximum atomic E-state index is 12.0. The van der Waals surface area contributed by atoms with E-state index in [0.717, 1.165) is 11.3 Å². The minimum atomic E-state index is -0.397. The van der Waals surface area contributed by atoms with Gasteiger partial charge in [0.1, 0.15) is 12.2 Å². The molecule has 2 aromatic carbocycles. The van der Waals surface area contributed by atoms with Crippen molar-refractivity contribution in [2.75, 3.05) is 19.2 Å². The van der Waals surface area contributed by atoms with Gasteiger partial charge in [0.25, 0.3) is 0 Å². The van der Waals surface area contributed by atoms with Crippen LogP contribution in [0.1, 0.15) is 12.0 Å². The third kappa shape index (κ3) is 4.41. The summed E-state index contributed by atoms with van der Waals surface area (Å²) in [6.45, 7) is 0.515. The molecule has 1 aliphatic heterocycles. The number of ether oxygens (including phenoxy) is 3. The van der Waals surface area contributed by atoms with Gasteiger partial charge in [-0.1, -0.05) is 12.1 Å². The molecule has 1 heterocycles. The van der Waals surface area contributed by atoms with Crippen LogP contribution in [-0.2, 0) is 16.1 Å². The topological polar surface area (TPSA) is 85.9 Å². The van der Waals surface area contributed by atoms with Crippen molar-refractivity contribution in [2.24, 2.45) is 0 Å². The van der Waals surface area contributed by atoms with Crippen LogP contribution in [0.5, 0.6) is 17.2 Å². The molecule has 2 N–H and O–H groups in total. The van der Waals surface area contributed by atoms with E-state index >= 15 is 0 Å². The van der Waals surface area contributed by atoms with Crippen molar-refractivity contribution in [1.29, 1.82) is 0 Å². The number of hydrogen-bond acceptors (Lipinski definition) is 5. The molecule has 0 fully saturated rings. The summed E-state index contributed by atoms with van der Waals surface area (Å²) in [6.07, 6.45) is -0.259. The number of carbonyl (C=O) groups excluding carboxylic acids is 2. The predicted molar refractivity (Wildman–Crippen MR) is 90.7 cm³/mol. The Labute approximate surface area is 144 Å². The summed E-state index contributed by atoms with van der Waals surface area (Å²) in [5.41, 5.74) is 1.47. The molecule has 3 rings (SSSR count). The number of rotatable bonds is 6. The molecule has 0 atom stereocenters. The molecule has 0 saturated carbocycles. The second-order valence-electron chi connectivity index (χ2n) is 5.42. The van der Waals surface area contributed by atoms with Gasteiger partial charge in [-0.05, 0) is 29.8 Å². The third-order valence-corrected chi connectivity index (χ3v) is 3.63. The molecular formula is C18H18N2O5. The monoisotopic (exact) mass is 342 g/mol. The first-order valence-electron chi connectivity index (χ1n) is 7.73. The first-order valence-corrected chi connectivity index (χ1v) is 7.73. The van der Waals surface area contributed by atoms with Gasteiger partial charge < -0.3 is 24.8 Å². The Balaban J connectivity index is 1.46. The van der Waals surface area contributed by atoms with E-state index in [-0.39, 0.29) is 19.1 Å². The maximum absolute atomic E-state index is 12.0. The van der Waals surface area contributed by atoms with Gasteiger partial charge in [0, 0.05) is 18.3 Å². The van der Waals surface area contributed by atoms with Crippen molar-refractivity contribution in [1.82, 2.24) is 5.32 Å². The second kappa shape index (κ2) is 7.57. The average Bonchev–Trinajstić information content (AvgIpc) is 3.08. The molecule has 0 aliphatic carbocycles. The standard InChI is InChI=1S/C18H18N2O5/c1-23-14-5-2-12(3-6-14)10-19-17(21)9-18(22)20-13-4-7-15-16(8-13)25-11-24-15/h2-8H,9-11H2,1H3,(H,19,21)(H,20,22). The van der Waals surface area contributed by atoms with Crippen LogP contribution in [0.4, 0.5) is 5.69 Å². The molecule has 0 bridgehead atoms. The molecule has 7 nitrogen and oxygen atoms in total. The molecule has 2 amide bonds. The van der Waals surface area contributed by atoms with Crippen LogP contribution in [0.2, 0.25) is 0 Å². The Morgan fingerprint density at radius 3 is 2.56 bits per heavy atom. The summed E-state index contributed by atoms with van der Waals surface area (Å²) in [5, 5.41) is 5.37. The Bertz CT molecular complexity index is 774. The van der Waals surface area contributed by atoms with Crippen molar-refractivity contribution in [3.8, 4) is 17.2 Å². The molecule has 25 heavy (non-hydrogen) atoms. The Kier molecular flexibility index (Phi) is 5.03. The first-order chi connectivity index (χ1) is 12.1. The molecular weight excluding hydrogens is 324 g/mol. The highest BCUT2D eigenvalue weighted by atomic mass is 16.7. The number of amides is 2. The van der Waals surface area contributed by atoms with Crippen molar-refractivity contribution in [3.63, 3.8) is 0 Å². The molecule has 0 radical (unpaired) electrons. The van der Waals surface area contributed by atoms with Crippen LogP contribution >= 0.6 is 0 Å². The van der Waals surface area contributed by atoms with Gasteiger partial charge in [-0.2, -0.15) is 0 Å². The zero-order valence-electron chi connectivity index (χ0n) is 13.7. The van der Waals surface area contributed by atoms with Gasteiger partial charge in [-0.15, -0.1) is 0 Å². The van der Waals surface area contributed by atoms with Gasteiger partial charge in [0.05, 0.1) is 7.11 Å². The SMILES string of the molecule is COc1ccc(CNC(=O)CC(=O)Nc2ccc3c(c2)OCO3)cc1. The quantitative estimate of drug-likeness (QED) is 0.785. The van der Waals surface area contributed by atoms with E-state index in [9.17, 15) is 9.59 Å². The number of hydrogen-bond donors (Lipinski definition) is 2. The highest BCUT2D eigenvalue weighted by molar-refractivity contribution is 6.03. The molecule has 1 aliphatic rings. The van der Waals surface area contributed by atoms with E-state index in [1.165, 1.54) is 0 Å². The highest BCUT2D eigenvalue weighted by Gasteiger charge is 2.15. The molecule has 0 saturated heterocycles. The zero-order chi connectivity index (χ0) is 17.6. The van der Waals surface area contributed by atoms with Crippen LogP contribution in [-0.4, -0.2) is 25.7 Å². The number of methoxy groups -OCH3 is 1. The fourth-order valence-corrected chi connectivity index (χ4v) is 2.33. The van der Waals surface area contributed by atoms with E-state index in [2.05, 4.69) is 10.6 Å². The smallest absolute Gasteiger partial charge is 0.233 e. The minimum Gasteiger partial charge on any atom is -0.497 e. The Morgan fingerprint density at radius 2 is 1.80 bits per heavy atom. The molecule has 130 valence electrons. The molecule has 2 aromatic rings. The number of fused-ring (bicyclic) bond motifs is 1. The van der Waals surface area contributed by atoms with Gasteiger partial charge >= 0.3 is 0 Å². The predicted octanol–water partition coefficient (Wildman–Crippen LogP) is 2.07. The van der Waals surface area contributed by atoms with E-state index in [1.54, 1.807) is 25.3 Å². The molecule has 7 heteroatoms. The summed E-state index contributed by atoms with van der Waals surface area (Å²) in [5.74, 6) is 1.20. The van der Waals surface area contributed by atoms with E-state index in [4.69, 9.17) is 14.2 Å². The summed E-state index contributed by atoms with van der Waals surface area (Å²) in [4.78, 5) is 23.8. The van der Waals surface area contributed by atoms with Crippen LogP contribution in [0.3, 0.4) is 0 Å². The van der Waals surface area contributed by atoms with Gasteiger partial charge in [-0.25, -0.2) is 0 Å². The molecule has 0 spiro atoms. The highest BCUT2D eigenvalue weighted by Crippen LogP contribution is 2.34. The lowest BCUT2D eigenvalue weighted by Crippen LogP contribution is -2.27. The fourth-order valence-electron chi connectivity index (χ4n) is 2.33. The summed E-state index contributed by atoms with van der Waals surface area (Å²) < 4.78 is 15.5. The number of anilines is 1. The van der Waals surface area contributed by atoms with Crippen LogP contribution in [0, 0.1) is 0 Å². The Hall–Kier alpha value is -3.22. The first kappa shape index (κ1) is 16.6. The van der Waals surface area contributed by atoms with Gasteiger partial charge in [-0.3, -0.25) is 9.59 Å². The Morgan fingerprint density at radius 1 is 1.04 bits per heavy atom. The fraction of sp³-hybridized carbons (Fsp3) is 0.222. The third-order valence-electron chi connectivity index (χ3n) is 3.63. The van der Waals surface area contributed by atoms with Crippen molar-refractivity contribution in [3.05, 3.63) is 48.0 Å². The summed E-state index contributed by atoms with van der Waals surface area (Å²) in [6, 6.07) is 12.4. The lowest BCUT2D eigenvalue weighted by atomic mass is 10.2. The number of carbonyl (C=O) groups is 2. The van der Waals surface area contributed by atoms with Crippen LogP contribution < -0.4 is 24.8 Å². The number of nitrogens with one attached hydrogen (secondary N) is 2. The van der Waals surface area contributed by atoms with E-state index in [1.807, 2.05) is 24.3 Å². The maximum Gasteiger partial charge on any atom is 0.233 e. The largest absolute Gasteiger partial charge is 0.497 e. The average molecular weight is 342 g/mol. The van der Waals surface area contributed by atoms with E-state index in [0.29, 0.717) is 23.7 Å². The van der Waals surface area contributed by atoms with Crippen molar-refractivity contribution in [2.45, 2.75) is 13.0 Å². The minimum absolute atomic E-state index is 0.167. The lowest BCUT2D eigenvalue weighted by Gasteiger charge is -2.08. The van der Waals surface area contributed by atoms with Crippen LogP contribution in [0.25, 0.3) is 0 Å². The van der Waals surface area contributed by atoms with Crippen LogP contribution in [0.15, 0.2) is 42.5 Å².